The molecule has 1 aliphatic heterocycles. The van der Waals surface area contributed by atoms with Gasteiger partial charge in [0, 0.05) is 49.2 Å². The second-order valence-corrected chi connectivity index (χ2v) is 5.80. The fourth-order valence-electron chi connectivity index (χ4n) is 2.98. The van der Waals surface area contributed by atoms with Crippen LogP contribution < -0.4 is 4.90 Å². The molecule has 1 saturated heterocycles. The Morgan fingerprint density at radius 2 is 2.26 bits per heavy atom. The fourth-order valence-corrected chi connectivity index (χ4v) is 2.98. The number of hydrogen-bond acceptors (Lipinski definition) is 5. The van der Waals surface area contributed by atoms with E-state index in [4.69, 9.17) is 5.11 Å². The van der Waals surface area contributed by atoms with Crippen molar-refractivity contribution in [1.82, 2.24) is 15.0 Å². The van der Waals surface area contributed by atoms with Gasteiger partial charge in [0.2, 0.25) is 0 Å². The van der Waals surface area contributed by atoms with Crippen LogP contribution >= 0.6 is 0 Å². The van der Waals surface area contributed by atoms with Crippen molar-refractivity contribution in [2.75, 3.05) is 18.0 Å². The third kappa shape index (κ3) is 4.03. The molecule has 1 unspecified atom stereocenters. The molecule has 1 N–H and O–H groups in total. The van der Waals surface area contributed by atoms with E-state index in [2.05, 4.69) is 19.9 Å². The second-order valence-electron chi connectivity index (χ2n) is 5.80. The smallest absolute Gasteiger partial charge is 0.303 e. The summed E-state index contributed by atoms with van der Waals surface area (Å²) in [4.78, 5) is 26.1. The zero-order valence-corrected chi connectivity index (χ0v) is 12.9. The summed E-state index contributed by atoms with van der Waals surface area (Å²) in [5, 5.41) is 8.81. The lowest BCUT2D eigenvalue weighted by Gasteiger charge is -2.33. The van der Waals surface area contributed by atoms with Gasteiger partial charge in [-0.25, -0.2) is 4.98 Å². The van der Waals surface area contributed by atoms with E-state index in [-0.39, 0.29) is 6.42 Å². The first-order valence-electron chi connectivity index (χ1n) is 7.91. The second kappa shape index (κ2) is 7.17. The number of nitrogens with zero attached hydrogens (tertiary/aromatic N) is 4. The first-order chi connectivity index (χ1) is 11.2. The summed E-state index contributed by atoms with van der Waals surface area (Å²) in [5.74, 6) is 0.457. The van der Waals surface area contributed by atoms with Crippen molar-refractivity contribution < 1.29 is 9.90 Å². The molecule has 3 heterocycles. The molecule has 0 aliphatic carbocycles. The number of aryl methyl sites for hydroxylation is 1. The highest BCUT2D eigenvalue weighted by atomic mass is 16.4. The SMILES string of the molecule is O=C(O)CCc1cccc(C2CCCN(c3cnccn3)C2)n1. The van der Waals surface area contributed by atoms with Gasteiger partial charge in [-0.2, -0.15) is 0 Å². The molecule has 2 aromatic heterocycles. The molecule has 1 fully saturated rings. The van der Waals surface area contributed by atoms with E-state index in [1.54, 1.807) is 18.6 Å². The van der Waals surface area contributed by atoms with Crippen LogP contribution in [-0.4, -0.2) is 39.1 Å². The highest BCUT2D eigenvalue weighted by Crippen LogP contribution is 2.28. The third-order valence-electron chi connectivity index (χ3n) is 4.14. The quantitative estimate of drug-likeness (QED) is 0.912. The maximum absolute atomic E-state index is 10.7. The molecule has 0 radical (unpaired) electrons. The lowest BCUT2D eigenvalue weighted by Crippen LogP contribution is -2.35. The number of pyridine rings is 1. The van der Waals surface area contributed by atoms with Gasteiger partial charge in [-0.1, -0.05) is 6.07 Å². The lowest BCUT2D eigenvalue weighted by molar-refractivity contribution is -0.136. The summed E-state index contributed by atoms with van der Waals surface area (Å²) >= 11 is 0. The Balaban J connectivity index is 1.71. The average molecular weight is 312 g/mol. The van der Waals surface area contributed by atoms with Crippen LogP contribution in [0.15, 0.2) is 36.8 Å². The summed E-state index contributed by atoms with van der Waals surface area (Å²) in [6.45, 7) is 1.85. The number of anilines is 1. The molecule has 1 atom stereocenters. The number of carbonyl (C=O) groups is 1. The van der Waals surface area contributed by atoms with E-state index >= 15 is 0 Å². The zero-order chi connectivity index (χ0) is 16.1. The molecule has 2 aromatic rings. The van der Waals surface area contributed by atoms with Gasteiger partial charge in [0.1, 0.15) is 5.82 Å². The molecule has 3 rings (SSSR count). The lowest BCUT2D eigenvalue weighted by atomic mass is 9.94. The minimum absolute atomic E-state index is 0.118. The fraction of sp³-hybridized carbons (Fsp3) is 0.412. The van der Waals surface area contributed by atoms with Crippen molar-refractivity contribution in [3.63, 3.8) is 0 Å². The van der Waals surface area contributed by atoms with Gasteiger partial charge in [0.25, 0.3) is 0 Å². The van der Waals surface area contributed by atoms with Gasteiger partial charge in [-0.05, 0) is 25.0 Å². The maximum Gasteiger partial charge on any atom is 0.303 e. The van der Waals surface area contributed by atoms with Crippen LogP contribution in [0.25, 0.3) is 0 Å². The van der Waals surface area contributed by atoms with Gasteiger partial charge in [0.15, 0.2) is 0 Å². The van der Waals surface area contributed by atoms with E-state index in [1.807, 2.05) is 18.2 Å². The van der Waals surface area contributed by atoms with E-state index in [0.717, 1.165) is 43.1 Å². The summed E-state index contributed by atoms with van der Waals surface area (Å²) in [6, 6.07) is 5.91. The Morgan fingerprint density at radius 1 is 1.35 bits per heavy atom. The minimum atomic E-state index is -0.788. The standard InChI is InChI=1S/C17H20N4O2/c22-17(23)7-6-14-4-1-5-15(20-14)13-3-2-10-21(12-13)16-11-18-8-9-19-16/h1,4-5,8-9,11,13H,2-3,6-7,10,12H2,(H,22,23). The minimum Gasteiger partial charge on any atom is -0.481 e. The van der Waals surface area contributed by atoms with E-state index in [1.165, 1.54) is 0 Å². The van der Waals surface area contributed by atoms with Crippen LogP contribution in [0.3, 0.4) is 0 Å². The Hall–Kier alpha value is -2.50. The number of aromatic nitrogens is 3. The van der Waals surface area contributed by atoms with Gasteiger partial charge in [-0.15, -0.1) is 0 Å². The third-order valence-corrected chi connectivity index (χ3v) is 4.14. The maximum atomic E-state index is 10.7. The van der Waals surface area contributed by atoms with Crippen molar-refractivity contribution in [2.45, 2.75) is 31.6 Å². The molecule has 6 nitrogen and oxygen atoms in total. The van der Waals surface area contributed by atoms with Crippen LogP contribution in [0.2, 0.25) is 0 Å². The van der Waals surface area contributed by atoms with Gasteiger partial charge in [-0.3, -0.25) is 14.8 Å². The van der Waals surface area contributed by atoms with Crippen LogP contribution in [0.1, 0.15) is 36.6 Å². The van der Waals surface area contributed by atoms with Crippen molar-refractivity contribution >= 4 is 11.8 Å². The van der Waals surface area contributed by atoms with Crippen LogP contribution in [0.5, 0.6) is 0 Å². The van der Waals surface area contributed by atoms with E-state index in [0.29, 0.717) is 12.3 Å². The van der Waals surface area contributed by atoms with Crippen LogP contribution in [0, 0.1) is 0 Å². The number of piperidine rings is 1. The predicted octanol–water partition coefficient (Wildman–Crippen LogP) is 2.27. The number of hydrogen-bond donors (Lipinski definition) is 1. The highest BCUT2D eigenvalue weighted by Gasteiger charge is 2.23. The monoisotopic (exact) mass is 312 g/mol. The molecule has 0 aromatic carbocycles. The molecule has 0 amide bonds. The molecular formula is C17H20N4O2. The number of carboxylic acids is 1. The normalized spacial score (nSPS) is 17.9. The number of aliphatic carboxylic acids is 1. The Labute approximate surface area is 135 Å². The first kappa shape index (κ1) is 15.4. The summed E-state index contributed by atoms with van der Waals surface area (Å²) in [5.41, 5.74) is 1.89. The Bertz CT molecular complexity index is 663. The molecule has 0 spiro atoms. The largest absolute Gasteiger partial charge is 0.481 e. The highest BCUT2D eigenvalue weighted by molar-refractivity contribution is 5.66. The molecule has 0 bridgehead atoms. The van der Waals surface area contributed by atoms with E-state index in [9.17, 15) is 4.79 Å². The van der Waals surface area contributed by atoms with Crippen molar-refractivity contribution in [3.8, 4) is 0 Å². The summed E-state index contributed by atoms with van der Waals surface area (Å²) in [6.07, 6.45) is 7.95. The van der Waals surface area contributed by atoms with E-state index < -0.39 is 5.97 Å². The number of rotatable bonds is 5. The van der Waals surface area contributed by atoms with Gasteiger partial charge in [0.05, 0.1) is 12.6 Å². The molecule has 1 aliphatic rings. The van der Waals surface area contributed by atoms with Crippen molar-refractivity contribution in [1.29, 1.82) is 0 Å². The Morgan fingerprint density at radius 3 is 3.04 bits per heavy atom. The predicted molar refractivity (Wildman–Crippen MR) is 86.4 cm³/mol. The van der Waals surface area contributed by atoms with Crippen molar-refractivity contribution in [3.05, 3.63) is 48.2 Å². The zero-order valence-electron chi connectivity index (χ0n) is 12.9. The molecule has 23 heavy (non-hydrogen) atoms. The number of carboxylic acid groups (broad SMARTS) is 1. The van der Waals surface area contributed by atoms with Gasteiger partial charge < -0.3 is 10.0 Å². The summed E-state index contributed by atoms with van der Waals surface area (Å²) in [7, 11) is 0. The topological polar surface area (TPSA) is 79.2 Å². The average Bonchev–Trinajstić information content (AvgIpc) is 2.61. The molecule has 0 saturated carbocycles. The molecular weight excluding hydrogens is 292 g/mol. The summed E-state index contributed by atoms with van der Waals surface area (Å²) < 4.78 is 0. The molecule has 120 valence electrons. The van der Waals surface area contributed by atoms with Crippen LogP contribution in [0.4, 0.5) is 5.82 Å². The first-order valence-corrected chi connectivity index (χ1v) is 7.91. The van der Waals surface area contributed by atoms with Crippen LogP contribution in [-0.2, 0) is 11.2 Å². The molecule has 6 heteroatoms. The van der Waals surface area contributed by atoms with Crippen molar-refractivity contribution in [2.24, 2.45) is 0 Å². The van der Waals surface area contributed by atoms with Gasteiger partial charge >= 0.3 is 5.97 Å². The Kier molecular flexibility index (Phi) is 4.80.